The molecule has 1 aliphatic heterocycles. The summed E-state index contributed by atoms with van der Waals surface area (Å²) in [5.41, 5.74) is 3.29. The molecule has 1 saturated heterocycles. The lowest BCUT2D eigenvalue weighted by Gasteiger charge is -2.14. The lowest BCUT2D eigenvalue weighted by Crippen LogP contribution is -2.36. The van der Waals surface area contributed by atoms with Crippen molar-refractivity contribution in [3.8, 4) is 23.0 Å². The van der Waals surface area contributed by atoms with Crippen molar-refractivity contribution in [2.75, 3.05) is 26.2 Å². The van der Waals surface area contributed by atoms with Gasteiger partial charge in [-0.15, -0.1) is 0 Å². The quantitative estimate of drug-likeness (QED) is 0.555. The van der Waals surface area contributed by atoms with Crippen LogP contribution in [-0.2, 0) is 11.2 Å². The number of hydrogen-bond donors (Lipinski definition) is 2. The van der Waals surface area contributed by atoms with Crippen molar-refractivity contribution >= 4 is 11.9 Å². The van der Waals surface area contributed by atoms with E-state index >= 15 is 0 Å². The predicted octanol–water partition coefficient (Wildman–Crippen LogP) is 2.62. The first-order valence-corrected chi connectivity index (χ1v) is 10.7. The average molecular weight is 446 g/mol. The standard InChI is InChI=1S/C24H23FN6O2/c25-19-3-1-2-18(14-19)22-15-20(29-31(22)21-7-4-17(16-26)5-8-21)6-9-23(32)27-10-12-30-13-11-28-24(30)33/h1-5,7-8,14-15H,6,9-13H2,(H,27,32)(H,28,33). The summed E-state index contributed by atoms with van der Waals surface area (Å²) < 4.78 is 15.5. The first kappa shape index (κ1) is 22.0. The Kier molecular flexibility index (Phi) is 6.64. The van der Waals surface area contributed by atoms with Gasteiger partial charge in [0.1, 0.15) is 5.82 Å². The van der Waals surface area contributed by atoms with Crippen LogP contribution in [0.3, 0.4) is 0 Å². The van der Waals surface area contributed by atoms with Crippen LogP contribution < -0.4 is 10.6 Å². The van der Waals surface area contributed by atoms with E-state index in [9.17, 15) is 14.0 Å². The summed E-state index contributed by atoms with van der Waals surface area (Å²) in [6.07, 6.45) is 0.640. The second-order valence-corrected chi connectivity index (χ2v) is 7.67. The molecule has 3 aromatic rings. The topological polar surface area (TPSA) is 103 Å². The number of halogens is 1. The van der Waals surface area contributed by atoms with Crippen molar-refractivity contribution in [1.82, 2.24) is 25.3 Å². The van der Waals surface area contributed by atoms with Crippen LogP contribution in [0.2, 0.25) is 0 Å². The highest BCUT2D eigenvalue weighted by Gasteiger charge is 2.19. The molecule has 2 aromatic carbocycles. The number of nitriles is 1. The normalized spacial score (nSPS) is 13.0. The highest BCUT2D eigenvalue weighted by molar-refractivity contribution is 5.77. The van der Waals surface area contributed by atoms with Gasteiger partial charge in [-0.1, -0.05) is 12.1 Å². The van der Waals surface area contributed by atoms with Crippen LogP contribution in [0.4, 0.5) is 9.18 Å². The number of amides is 3. The summed E-state index contributed by atoms with van der Waals surface area (Å²) in [6, 6.07) is 17.0. The summed E-state index contributed by atoms with van der Waals surface area (Å²) in [5.74, 6) is -0.484. The van der Waals surface area contributed by atoms with Crippen LogP contribution in [0.1, 0.15) is 17.7 Å². The Morgan fingerprint density at radius 2 is 2.03 bits per heavy atom. The smallest absolute Gasteiger partial charge is 0.317 e. The predicted molar refractivity (Wildman–Crippen MR) is 120 cm³/mol. The summed E-state index contributed by atoms with van der Waals surface area (Å²) in [6.45, 7) is 2.13. The molecule has 33 heavy (non-hydrogen) atoms. The lowest BCUT2D eigenvalue weighted by atomic mass is 10.1. The largest absolute Gasteiger partial charge is 0.354 e. The van der Waals surface area contributed by atoms with Crippen LogP contribution in [0.5, 0.6) is 0 Å². The Bertz CT molecular complexity index is 1200. The van der Waals surface area contributed by atoms with Gasteiger partial charge in [0.05, 0.1) is 28.7 Å². The molecule has 0 atom stereocenters. The molecule has 1 aromatic heterocycles. The highest BCUT2D eigenvalue weighted by Crippen LogP contribution is 2.25. The molecule has 0 bridgehead atoms. The zero-order valence-electron chi connectivity index (χ0n) is 17.9. The summed E-state index contributed by atoms with van der Waals surface area (Å²) >= 11 is 0. The molecule has 8 nitrogen and oxygen atoms in total. The van der Waals surface area contributed by atoms with Gasteiger partial charge in [-0.05, 0) is 42.5 Å². The molecular formula is C24H23FN6O2. The number of aromatic nitrogens is 2. The first-order valence-electron chi connectivity index (χ1n) is 10.7. The van der Waals surface area contributed by atoms with Gasteiger partial charge >= 0.3 is 6.03 Å². The zero-order chi connectivity index (χ0) is 23.2. The molecule has 1 aliphatic rings. The second kappa shape index (κ2) is 9.96. The van der Waals surface area contributed by atoms with Crippen LogP contribution in [0.25, 0.3) is 16.9 Å². The number of rotatable bonds is 8. The molecule has 0 unspecified atom stereocenters. The van der Waals surface area contributed by atoms with E-state index in [4.69, 9.17) is 5.26 Å². The van der Waals surface area contributed by atoms with E-state index in [2.05, 4.69) is 21.8 Å². The van der Waals surface area contributed by atoms with Gasteiger partial charge in [-0.3, -0.25) is 4.79 Å². The molecule has 0 aliphatic carbocycles. The van der Waals surface area contributed by atoms with Crippen LogP contribution in [0, 0.1) is 17.1 Å². The highest BCUT2D eigenvalue weighted by atomic mass is 19.1. The molecule has 4 rings (SSSR count). The molecule has 0 saturated carbocycles. The third-order valence-corrected chi connectivity index (χ3v) is 5.38. The molecule has 9 heteroatoms. The van der Waals surface area contributed by atoms with Crippen molar-refractivity contribution < 1.29 is 14.0 Å². The Morgan fingerprint density at radius 1 is 1.21 bits per heavy atom. The van der Waals surface area contributed by atoms with Gasteiger partial charge in [0.15, 0.2) is 0 Å². The Labute approximate surface area is 190 Å². The number of urea groups is 1. The lowest BCUT2D eigenvalue weighted by molar-refractivity contribution is -0.121. The number of aryl methyl sites for hydroxylation is 1. The number of carbonyl (C=O) groups is 2. The van der Waals surface area contributed by atoms with Crippen LogP contribution >= 0.6 is 0 Å². The molecule has 2 N–H and O–H groups in total. The SMILES string of the molecule is N#Cc1ccc(-n2nc(CCC(=O)NCCN3CCNC3=O)cc2-c2cccc(F)c2)cc1. The minimum absolute atomic E-state index is 0.109. The zero-order valence-corrected chi connectivity index (χ0v) is 17.9. The van der Waals surface area contributed by atoms with E-state index in [0.717, 1.165) is 5.69 Å². The van der Waals surface area contributed by atoms with Crippen LogP contribution in [-0.4, -0.2) is 52.8 Å². The first-order chi connectivity index (χ1) is 16.0. The van der Waals surface area contributed by atoms with Gasteiger partial charge in [-0.25, -0.2) is 13.9 Å². The van der Waals surface area contributed by atoms with Crippen LogP contribution in [0.15, 0.2) is 54.6 Å². The molecular weight excluding hydrogens is 423 g/mol. The van der Waals surface area contributed by atoms with Gasteiger partial charge in [0, 0.05) is 44.6 Å². The van der Waals surface area contributed by atoms with Crippen molar-refractivity contribution in [3.63, 3.8) is 0 Å². The van der Waals surface area contributed by atoms with E-state index in [1.807, 2.05) is 6.07 Å². The van der Waals surface area contributed by atoms with Crippen molar-refractivity contribution in [1.29, 1.82) is 5.26 Å². The van der Waals surface area contributed by atoms with Crippen molar-refractivity contribution in [3.05, 3.63) is 71.7 Å². The van der Waals surface area contributed by atoms with E-state index < -0.39 is 0 Å². The maximum Gasteiger partial charge on any atom is 0.317 e. The van der Waals surface area contributed by atoms with E-state index in [0.29, 0.717) is 55.1 Å². The minimum atomic E-state index is -0.354. The summed E-state index contributed by atoms with van der Waals surface area (Å²) in [5, 5.41) is 19.2. The van der Waals surface area contributed by atoms with Gasteiger partial charge in [-0.2, -0.15) is 10.4 Å². The molecule has 1 fully saturated rings. The summed E-state index contributed by atoms with van der Waals surface area (Å²) in [7, 11) is 0. The van der Waals surface area contributed by atoms with E-state index in [1.54, 1.807) is 46.0 Å². The fraction of sp³-hybridized carbons (Fsp3) is 0.250. The van der Waals surface area contributed by atoms with Gasteiger partial charge in [0.25, 0.3) is 0 Å². The van der Waals surface area contributed by atoms with Crippen molar-refractivity contribution in [2.24, 2.45) is 0 Å². The maximum atomic E-state index is 13.9. The number of benzene rings is 2. The maximum absolute atomic E-state index is 13.9. The molecule has 3 amide bonds. The Balaban J connectivity index is 1.46. The fourth-order valence-corrected chi connectivity index (χ4v) is 3.66. The van der Waals surface area contributed by atoms with E-state index in [1.165, 1.54) is 12.1 Å². The third-order valence-electron chi connectivity index (χ3n) is 5.38. The Hall–Kier alpha value is -4.19. The third kappa shape index (κ3) is 5.36. The number of carbonyl (C=O) groups excluding carboxylic acids is 2. The number of hydrogen-bond acceptors (Lipinski definition) is 4. The average Bonchev–Trinajstić information content (AvgIpc) is 3.44. The monoisotopic (exact) mass is 446 g/mol. The second-order valence-electron chi connectivity index (χ2n) is 7.67. The van der Waals surface area contributed by atoms with E-state index in [-0.39, 0.29) is 24.2 Å². The number of nitrogens with zero attached hydrogens (tertiary/aromatic N) is 4. The van der Waals surface area contributed by atoms with Crippen molar-refractivity contribution in [2.45, 2.75) is 12.8 Å². The van der Waals surface area contributed by atoms with Gasteiger partial charge < -0.3 is 15.5 Å². The molecule has 168 valence electrons. The number of nitrogens with one attached hydrogen (secondary N) is 2. The minimum Gasteiger partial charge on any atom is -0.354 e. The fourth-order valence-electron chi connectivity index (χ4n) is 3.66. The molecule has 0 spiro atoms. The summed E-state index contributed by atoms with van der Waals surface area (Å²) in [4.78, 5) is 25.5. The Morgan fingerprint density at radius 3 is 2.73 bits per heavy atom. The molecule has 0 radical (unpaired) electrons. The van der Waals surface area contributed by atoms with Gasteiger partial charge in [0.2, 0.25) is 5.91 Å². The molecule has 2 heterocycles.